The molecule has 1 aromatic rings. The second-order valence-electron chi connectivity index (χ2n) is 4.59. The average Bonchev–Trinajstić information content (AvgIpc) is 2.35. The molecule has 0 spiro atoms. The minimum atomic E-state index is 0.350. The number of thioether (sulfide) groups is 1. The maximum absolute atomic E-state index is 5.88. The highest BCUT2D eigenvalue weighted by molar-refractivity contribution is 8.00. The molecule has 0 aliphatic heterocycles. The molecule has 2 atom stereocenters. The molecule has 0 saturated carbocycles. The number of hydrogen-bond acceptors (Lipinski definition) is 3. The number of ether oxygens (including phenoxy) is 1. The Morgan fingerprint density at radius 1 is 1.29 bits per heavy atom. The van der Waals surface area contributed by atoms with E-state index in [4.69, 9.17) is 10.5 Å². The van der Waals surface area contributed by atoms with Gasteiger partial charge < -0.3 is 10.5 Å². The average molecular weight is 253 g/mol. The van der Waals surface area contributed by atoms with Crippen molar-refractivity contribution in [2.24, 2.45) is 11.7 Å². The maximum atomic E-state index is 5.88. The number of nitrogens with two attached hydrogens (primary N) is 1. The predicted molar refractivity (Wildman–Crippen MR) is 76.7 cm³/mol. The molecule has 0 heterocycles. The van der Waals surface area contributed by atoms with Gasteiger partial charge in [0.15, 0.2) is 0 Å². The zero-order valence-corrected chi connectivity index (χ0v) is 12.0. The van der Waals surface area contributed by atoms with Gasteiger partial charge in [0.05, 0.1) is 7.11 Å². The third kappa shape index (κ3) is 4.25. The van der Waals surface area contributed by atoms with Crippen molar-refractivity contribution in [3.63, 3.8) is 0 Å². The summed E-state index contributed by atoms with van der Waals surface area (Å²) in [5.74, 6) is 1.57. The SMILES string of the molecule is COc1cccc(C(CN)SC(C)C(C)C)c1. The summed E-state index contributed by atoms with van der Waals surface area (Å²) in [7, 11) is 1.69. The van der Waals surface area contributed by atoms with Crippen LogP contribution in [0.2, 0.25) is 0 Å². The molecule has 0 radical (unpaired) electrons. The van der Waals surface area contributed by atoms with Crippen molar-refractivity contribution in [2.45, 2.75) is 31.3 Å². The van der Waals surface area contributed by atoms with Crippen molar-refractivity contribution in [3.05, 3.63) is 29.8 Å². The molecule has 0 aliphatic rings. The predicted octanol–water partition coefficient (Wildman–Crippen LogP) is 3.47. The van der Waals surface area contributed by atoms with Gasteiger partial charge in [-0.25, -0.2) is 0 Å². The fourth-order valence-electron chi connectivity index (χ4n) is 1.53. The lowest BCUT2D eigenvalue weighted by molar-refractivity contribution is 0.414. The fraction of sp³-hybridized carbons (Fsp3) is 0.571. The van der Waals surface area contributed by atoms with Crippen LogP contribution in [0.5, 0.6) is 5.75 Å². The third-order valence-electron chi connectivity index (χ3n) is 3.00. The fourth-order valence-corrected chi connectivity index (χ4v) is 2.78. The van der Waals surface area contributed by atoms with Crippen LogP contribution in [0.4, 0.5) is 0 Å². The summed E-state index contributed by atoms with van der Waals surface area (Å²) < 4.78 is 5.25. The normalized spacial score (nSPS) is 14.7. The first-order valence-electron chi connectivity index (χ1n) is 6.08. The number of rotatable bonds is 6. The van der Waals surface area contributed by atoms with E-state index in [2.05, 4.69) is 32.9 Å². The van der Waals surface area contributed by atoms with Crippen LogP contribution in [0.3, 0.4) is 0 Å². The van der Waals surface area contributed by atoms with Crippen molar-refractivity contribution in [3.8, 4) is 5.75 Å². The van der Waals surface area contributed by atoms with E-state index in [9.17, 15) is 0 Å². The van der Waals surface area contributed by atoms with Crippen LogP contribution in [-0.2, 0) is 0 Å². The highest BCUT2D eigenvalue weighted by Crippen LogP contribution is 2.35. The van der Waals surface area contributed by atoms with Gasteiger partial charge in [-0.3, -0.25) is 0 Å². The highest BCUT2D eigenvalue weighted by Gasteiger charge is 2.17. The lowest BCUT2D eigenvalue weighted by Gasteiger charge is -2.22. The van der Waals surface area contributed by atoms with Crippen molar-refractivity contribution in [1.82, 2.24) is 0 Å². The number of benzene rings is 1. The Kier molecular flexibility index (Phi) is 5.86. The second kappa shape index (κ2) is 6.92. The van der Waals surface area contributed by atoms with Crippen molar-refractivity contribution >= 4 is 11.8 Å². The van der Waals surface area contributed by atoms with Gasteiger partial charge in [-0.15, -0.1) is 11.8 Å². The van der Waals surface area contributed by atoms with Crippen LogP contribution in [0.15, 0.2) is 24.3 Å². The quantitative estimate of drug-likeness (QED) is 0.843. The summed E-state index contributed by atoms with van der Waals surface area (Å²) >= 11 is 1.94. The summed E-state index contributed by atoms with van der Waals surface area (Å²) in [6, 6.07) is 8.20. The van der Waals surface area contributed by atoms with Gasteiger partial charge in [0, 0.05) is 17.0 Å². The number of methoxy groups -OCH3 is 1. The van der Waals surface area contributed by atoms with Gasteiger partial charge in [-0.2, -0.15) is 0 Å². The van der Waals surface area contributed by atoms with Crippen LogP contribution < -0.4 is 10.5 Å². The molecule has 3 heteroatoms. The molecule has 0 aliphatic carbocycles. The van der Waals surface area contributed by atoms with Crippen LogP contribution >= 0.6 is 11.8 Å². The molecule has 0 aromatic heterocycles. The maximum Gasteiger partial charge on any atom is 0.119 e. The summed E-state index contributed by atoms with van der Waals surface area (Å²) in [5.41, 5.74) is 7.14. The first-order valence-corrected chi connectivity index (χ1v) is 7.02. The molecular formula is C14H23NOS. The largest absolute Gasteiger partial charge is 0.497 e. The van der Waals surface area contributed by atoms with Gasteiger partial charge in [0.1, 0.15) is 5.75 Å². The van der Waals surface area contributed by atoms with Gasteiger partial charge in [0.25, 0.3) is 0 Å². The van der Waals surface area contributed by atoms with E-state index in [0.29, 0.717) is 23.0 Å². The number of hydrogen-bond donors (Lipinski definition) is 1. The highest BCUT2D eigenvalue weighted by atomic mass is 32.2. The lowest BCUT2D eigenvalue weighted by atomic mass is 10.1. The molecule has 1 rings (SSSR count). The van der Waals surface area contributed by atoms with E-state index in [1.165, 1.54) is 5.56 Å². The van der Waals surface area contributed by atoms with Crippen molar-refractivity contribution in [1.29, 1.82) is 0 Å². The zero-order valence-electron chi connectivity index (χ0n) is 11.1. The molecular weight excluding hydrogens is 230 g/mol. The molecule has 2 N–H and O–H groups in total. The Bertz CT molecular complexity index is 341. The first-order chi connectivity index (χ1) is 8.08. The Balaban J connectivity index is 2.78. The van der Waals surface area contributed by atoms with Gasteiger partial charge in [-0.1, -0.05) is 32.9 Å². The molecule has 0 saturated heterocycles. The summed E-state index contributed by atoms with van der Waals surface area (Å²) in [6.07, 6.45) is 0. The van der Waals surface area contributed by atoms with E-state index in [0.717, 1.165) is 5.75 Å². The molecule has 2 unspecified atom stereocenters. The van der Waals surface area contributed by atoms with Gasteiger partial charge in [0.2, 0.25) is 0 Å². The minimum Gasteiger partial charge on any atom is -0.497 e. The molecule has 1 aromatic carbocycles. The first kappa shape index (κ1) is 14.4. The van der Waals surface area contributed by atoms with Gasteiger partial charge >= 0.3 is 0 Å². The Hall–Kier alpha value is -0.670. The van der Waals surface area contributed by atoms with Crippen LogP contribution in [0.1, 0.15) is 31.6 Å². The zero-order chi connectivity index (χ0) is 12.8. The third-order valence-corrected chi connectivity index (χ3v) is 4.76. The second-order valence-corrected chi connectivity index (χ2v) is 6.17. The van der Waals surface area contributed by atoms with Crippen LogP contribution in [-0.4, -0.2) is 18.9 Å². The molecule has 0 bridgehead atoms. The molecule has 0 fully saturated rings. The molecule has 17 heavy (non-hydrogen) atoms. The van der Waals surface area contributed by atoms with Crippen LogP contribution in [0.25, 0.3) is 0 Å². The van der Waals surface area contributed by atoms with Gasteiger partial charge in [-0.05, 0) is 23.6 Å². The Morgan fingerprint density at radius 2 is 2.00 bits per heavy atom. The Morgan fingerprint density at radius 3 is 2.53 bits per heavy atom. The minimum absolute atomic E-state index is 0.350. The topological polar surface area (TPSA) is 35.2 Å². The Labute approximate surface area is 109 Å². The van der Waals surface area contributed by atoms with Crippen LogP contribution in [0, 0.1) is 5.92 Å². The van der Waals surface area contributed by atoms with E-state index in [1.807, 2.05) is 23.9 Å². The van der Waals surface area contributed by atoms with E-state index >= 15 is 0 Å². The lowest BCUT2D eigenvalue weighted by Crippen LogP contribution is -2.15. The molecule has 96 valence electrons. The molecule has 0 amide bonds. The monoisotopic (exact) mass is 253 g/mol. The van der Waals surface area contributed by atoms with E-state index in [-0.39, 0.29) is 0 Å². The standard InChI is InChI=1S/C14H23NOS/c1-10(2)11(3)17-14(9-15)12-6-5-7-13(8-12)16-4/h5-8,10-11,14H,9,15H2,1-4H3. The van der Waals surface area contributed by atoms with Crippen molar-refractivity contribution in [2.75, 3.05) is 13.7 Å². The summed E-state index contributed by atoms with van der Waals surface area (Å²) in [6.45, 7) is 7.42. The van der Waals surface area contributed by atoms with E-state index in [1.54, 1.807) is 7.11 Å². The smallest absolute Gasteiger partial charge is 0.119 e. The van der Waals surface area contributed by atoms with Crippen molar-refractivity contribution < 1.29 is 4.74 Å². The summed E-state index contributed by atoms with van der Waals surface area (Å²) in [4.78, 5) is 0. The summed E-state index contributed by atoms with van der Waals surface area (Å²) in [5, 5.41) is 0.956. The molecule has 2 nitrogen and oxygen atoms in total. The van der Waals surface area contributed by atoms with E-state index < -0.39 is 0 Å².